The molecule has 3 nitrogen and oxygen atoms in total. The van der Waals surface area contributed by atoms with Crippen LogP contribution in [0.4, 0.5) is 18.9 Å². The lowest BCUT2D eigenvalue weighted by molar-refractivity contribution is -0.140. The Labute approximate surface area is 130 Å². The standard InChI is InChI=1S/C13H15Cl2F3N2O/c1-2-3-4-20(7-13(16,17)18)12(21)9-5-8(19)6-10(14)11(9)15/h5-6H,2-4,7,19H2,1H3. The minimum absolute atomic E-state index is 0.0163. The van der Waals surface area contributed by atoms with E-state index in [0.717, 1.165) is 0 Å². The Morgan fingerprint density at radius 2 is 1.95 bits per heavy atom. The third-order valence-corrected chi connectivity index (χ3v) is 3.52. The first-order valence-corrected chi connectivity index (χ1v) is 7.02. The molecular weight excluding hydrogens is 328 g/mol. The van der Waals surface area contributed by atoms with E-state index < -0.39 is 18.6 Å². The van der Waals surface area contributed by atoms with Crippen LogP contribution in [-0.4, -0.2) is 30.1 Å². The van der Waals surface area contributed by atoms with Crippen molar-refractivity contribution in [1.29, 1.82) is 0 Å². The quantitative estimate of drug-likeness (QED) is 0.807. The molecule has 0 bridgehead atoms. The smallest absolute Gasteiger partial charge is 0.399 e. The predicted molar refractivity (Wildman–Crippen MR) is 77.7 cm³/mol. The van der Waals surface area contributed by atoms with Crippen molar-refractivity contribution in [2.45, 2.75) is 25.9 Å². The average Bonchev–Trinajstić information content (AvgIpc) is 2.36. The molecule has 0 radical (unpaired) electrons. The molecule has 0 spiro atoms. The van der Waals surface area contributed by atoms with Crippen molar-refractivity contribution in [3.8, 4) is 0 Å². The van der Waals surface area contributed by atoms with Crippen LogP contribution >= 0.6 is 23.2 Å². The van der Waals surface area contributed by atoms with Gasteiger partial charge in [-0.3, -0.25) is 4.79 Å². The summed E-state index contributed by atoms with van der Waals surface area (Å²) in [5.41, 5.74) is 5.60. The summed E-state index contributed by atoms with van der Waals surface area (Å²) in [6.07, 6.45) is -3.37. The van der Waals surface area contributed by atoms with Crippen molar-refractivity contribution in [3.63, 3.8) is 0 Å². The lowest BCUT2D eigenvalue weighted by Crippen LogP contribution is -2.39. The molecule has 0 saturated heterocycles. The van der Waals surface area contributed by atoms with Crippen LogP contribution in [0.25, 0.3) is 0 Å². The summed E-state index contributed by atoms with van der Waals surface area (Å²) in [6.45, 7) is 0.465. The summed E-state index contributed by atoms with van der Waals surface area (Å²) < 4.78 is 37.8. The number of carbonyl (C=O) groups is 1. The summed E-state index contributed by atoms with van der Waals surface area (Å²) in [5, 5.41) is -0.0676. The number of nitrogens with zero attached hydrogens (tertiary/aromatic N) is 1. The molecule has 0 fully saturated rings. The second-order valence-corrected chi connectivity index (χ2v) is 5.34. The number of benzene rings is 1. The number of halogens is 5. The Bertz CT molecular complexity index is 521. The van der Waals surface area contributed by atoms with Crippen LogP contribution in [0.5, 0.6) is 0 Å². The summed E-state index contributed by atoms with van der Waals surface area (Å²) in [6, 6.07) is 2.56. The van der Waals surface area contributed by atoms with Crippen molar-refractivity contribution in [2.75, 3.05) is 18.8 Å². The monoisotopic (exact) mass is 342 g/mol. The highest BCUT2D eigenvalue weighted by atomic mass is 35.5. The van der Waals surface area contributed by atoms with Gasteiger partial charge in [0.25, 0.3) is 5.91 Å². The molecule has 1 amide bonds. The average molecular weight is 343 g/mol. The Hall–Kier alpha value is -1.14. The van der Waals surface area contributed by atoms with Gasteiger partial charge in [-0.15, -0.1) is 0 Å². The maximum atomic E-state index is 12.6. The maximum absolute atomic E-state index is 12.6. The number of hydrogen-bond donors (Lipinski definition) is 1. The number of nitrogens with two attached hydrogens (primary N) is 1. The number of nitrogen functional groups attached to an aromatic ring is 1. The van der Waals surface area contributed by atoms with E-state index in [1.807, 2.05) is 6.92 Å². The van der Waals surface area contributed by atoms with Gasteiger partial charge in [0.2, 0.25) is 0 Å². The van der Waals surface area contributed by atoms with E-state index in [-0.39, 0.29) is 27.8 Å². The van der Waals surface area contributed by atoms with E-state index in [1.165, 1.54) is 12.1 Å². The zero-order valence-electron chi connectivity index (χ0n) is 11.3. The highest BCUT2D eigenvalue weighted by Crippen LogP contribution is 2.30. The second kappa shape index (κ2) is 7.22. The van der Waals surface area contributed by atoms with Crippen LogP contribution in [0.1, 0.15) is 30.1 Å². The minimum Gasteiger partial charge on any atom is -0.399 e. The zero-order chi connectivity index (χ0) is 16.2. The molecule has 0 unspecified atom stereocenters. The molecule has 1 aromatic carbocycles. The number of anilines is 1. The van der Waals surface area contributed by atoms with Gasteiger partial charge >= 0.3 is 6.18 Å². The Morgan fingerprint density at radius 1 is 1.33 bits per heavy atom. The maximum Gasteiger partial charge on any atom is 0.406 e. The molecule has 0 aliphatic heterocycles. The molecule has 0 atom stereocenters. The zero-order valence-corrected chi connectivity index (χ0v) is 12.8. The third-order valence-electron chi connectivity index (χ3n) is 2.72. The molecule has 2 N–H and O–H groups in total. The number of amides is 1. The van der Waals surface area contributed by atoms with E-state index >= 15 is 0 Å². The van der Waals surface area contributed by atoms with Crippen molar-refractivity contribution in [2.24, 2.45) is 0 Å². The van der Waals surface area contributed by atoms with E-state index in [0.29, 0.717) is 17.7 Å². The van der Waals surface area contributed by atoms with Gasteiger partial charge < -0.3 is 10.6 Å². The van der Waals surface area contributed by atoms with Crippen molar-refractivity contribution < 1.29 is 18.0 Å². The summed E-state index contributed by atoms with van der Waals surface area (Å²) in [5.74, 6) is -0.833. The van der Waals surface area contributed by atoms with Crippen LogP contribution in [-0.2, 0) is 0 Å². The summed E-state index contributed by atoms with van der Waals surface area (Å²) >= 11 is 11.7. The molecule has 0 aliphatic rings. The molecular formula is C13H15Cl2F3N2O. The molecule has 1 aromatic rings. The van der Waals surface area contributed by atoms with Gasteiger partial charge in [-0.2, -0.15) is 13.2 Å². The SMILES string of the molecule is CCCCN(CC(F)(F)F)C(=O)c1cc(N)cc(Cl)c1Cl. The fraction of sp³-hybridized carbons (Fsp3) is 0.462. The molecule has 0 heterocycles. The highest BCUT2D eigenvalue weighted by molar-refractivity contribution is 6.44. The van der Waals surface area contributed by atoms with E-state index in [9.17, 15) is 18.0 Å². The first-order chi connectivity index (χ1) is 9.65. The molecule has 118 valence electrons. The summed E-state index contributed by atoms with van der Waals surface area (Å²) in [4.78, 5) is 13.0. The number of hydrogen-bond acceptors (Lipinski definition) is 2. The third kappa shape index (κ3) is 5.28. The van der Waals surface area contributed by atoms with Crippen LogP contribution in [0.2, 0.25) is 10.0 Å². The van der Waals surface area contributed by atoms with Crippen molar-refractivity contribution >= 4 is 34.8 Å². The number of unbranched alkanes of at least 4 members (excludes halogenated alkanes) is 1. The first kappa shape index (κ1) is 17.9. The van der Waals surface area contributed by atoms with E-state index in [4.69, 9.17) is 28.9 Å². The molecule has 0 aliphatic carbocycles. The largest absolute Gasteiger partial charge is 0.406 e. The van der Waals surface area contributed by atoms with E-state index in [1.54, 1.807) is 0 Å². The molecule has 8 heteroatoms. The minimum atomic E-state index is -4.49. The van der Waals surface area contributed by atoms with Gasteiger partial charge in [0, 0.05) is 12.2 Å². The van der Waals surface area contributed by atoms with Gasteiger partial charge in [0.1, 0.15) is 6.54 Å². The molecule has 21 heavy (non-hydrogen) atoms. The lowest BCUT2D eigenvalue weighted by Gasteiger charge is -2.24. The molecule has 0 aromatic heterocycles. The molecule has 1 rings (SSSR count). The Morgan fingerprint density at radius 3 is 2.48 bits per heavy atom. The van der Waals surface area contributed by atoms with Crippen molar-refractivity contribution in [1.82, 2.24) is 4.90 Å². The Kier molecular flexibility index (Phi) is 6.16. The van der Waals surface area contributed by atoms with Gasteiger partial charge in [-0.25, -0.2) is 0 Å². The van der Waals surface area contributed by atoms with Gasteiger partial charge in [-0.1, -0.05) is 36.5 Å². The van der Waals surface area contributed by atoms with Crippen molar-refractivity contribution in [3.05, 3.63) is 27.7 Å². The predicted octanol–water partition coefficient (Wildman–Crippen LogP) is 4.38. The number of rotatable bonds is 5. The van der Waals surface area contributed by atoms with Crippen LogP contribution < -0.4 is 5.73 Å². The normalized spacial score (nSPS) is 11.5. The van der Waals surface area contributed by atoms with Gasteiger partial charge in [0.15, 0.2) is 0 Å². The Balaban J connectivity index is 3.10. The lowest BCUT2D eigenvalue weighted by atomic mass is 10.1. The highest BCUT2D eigenvalue weighted by Gasteiger charge is 2.33. The number of alkyl halides is 3. The van der Waals surface area contributed by atoms with Gasteiger partial charge in [0.05, 0.1) is 15.6 Å². The number of carbonyl (C=O) groups excluding carboxylic acids is 1. The first-order valence-electron chi connectivity index (χ1n) is 6.26. The van der Waals surface area contributed by atoms with Crippen LogP contribution in [0.3, 0.4) is 0 Å². The fourth-order valence-electron chi connectivity index (χ4n) is 1.75. The van der Waals surface area contributed by atoms with Crippen LogP contribution in [0, 0.1) is 0 Å². The molecule has 0 saturated carbocycles. The topological polar surface area (TPSA) is 46.3 Å². The summed E-state index contributed by atoms with van der Waals surface area (Å²) in [7, 11) is 0. The second-order valence-electron chi connectivity index (χ2n) is 4.56. The van der Waals surface area contributed by atoms with Gasteiger partial charge in [-0.05, 0) is 18.6 Å². The van der Waals surface area contributed by atoms with Crippen LogP contribution in [0.15, 0.2) is 12.1 Å². The fourth-order valence-corrected chi connectivity index (χ4v) is 2.17. The van der Waals surface area contributed by atoms with E-state index in [2.05, 4.69) is 0 Å².